The molecule has 2 aromatic carbocycles. The van der Waals surface area contributed by atoms with Gasteiger partial charge in [0, 0.05) is 0 Å². The van der Waals surface area contributed by atoms with Crippen LogP contribution in [0.15, 0.2) is 48.1 Å². The lowest BCUT2D eigenvalue weighted by Crippen LogP contribution is -2.04. The molecule has 6 heteroatoms. The fraction of sp³-hybridized carbons (Fsp3) is 0.286. The van der Waals surface area contributed by atoms with Crippen LogP contribution in [-0.2, 0) is 6.61 Å². The highest BCUT2D eigenvalue weighted by Crippen LogP contribution is 2.29. The van der Waals surface area contributed by atoms with Gasteiger partial charge < -0.3 is 9.47 Å². The predicted molar refractivity (Wildman–Crippen MR) is 106 cm³/mol. The maximum absolute atomic E-state index is 6.09. The lowest BCUT2D eigenvalue weighted by molar-refractivity contribution is 0.268. The van der Waals surface area contributed by atoms with Crippen LogP contribution in [0.2, 0.25) is 0 Å². The second-order valence-corrected chi connectivity index (χ2v) is 6.39. The number of hydrogen-bond acceptors (Lipinski definition) is 5. The number of rotatable bonds is 7. The molecule has 1 heterocycles. The fourth-order valence-electron chi connectivity index (χ4n) is 2.97. The molecule has 0 aliphatic heterocycles. The average molecular weight is 364 g/mol. The first kappa shape index (κ1) is 18.6. The molecule has 0 saturated heterocycles. The molecule has 3 aromatic rings. The molecule has 1 aromatic heterocycles. The van der Waals surface area contributed by atoms with Crippen LogP contribution in [0.3, 0.4) is 0 Å². The van der Waals surface area contributed by atoms with Gasteiger partial charge in [0.1, 0.15) is 19.3 Å². The molecule has 0 saturated carbocycles. The number of benzene rings is 2. The van der Waals surface area contributed by atoms with Gasteiger partial charge in [-0.3, -0.25) is 0 Å². The summed E-state index contributed by atoms with van der Waals surface area (Å²) in [5, 5.41) is 11.7. The zero-order valence-electron chi connectivity index (χ0n) is 16.1. The van der Waals surface area contributed by atoms with Crippen molar-refractivity contribution in [3.05, 3.63) is 70.8 Å². The molecule has 0 radical (unpaired) electrons. The molecular formula is C21H24N4O2. The van der Waals surface area contributed by atoms with Crippen molar-refractivity contribution >= 4 is 6.21 Å². The van der Waals surface area contributed by atoms with E-state index in [0.29, 0.717) is 19.0 Å². The predicted octanol–water partition coefficient (Wildman–Crippen LogP) is 4.06. The highest BCUT2D eigenvalue weighted by Gasteiger charge is 2.09. The third-order valence-electron chi connectivity index (χ3n) is 4.23. The molecule has 0 atom stereocenters. The first-order chi connectivity index (χ1) is 13.1. The Morgan fingerprint density at radius 3 is 2.33 bits per heavy atom. The van der Waals surface area contributed by atoms with Crippen molar-refractivity contribution in [3.63, 3.8) is 0 Å². The summed E-state index contributed by atoms with van der Waals surface area (Å²) in [6.07, 6.45) is 4.79. The molecule has 0 fully saturated rings. The van der Waals surface area contributed by atoms with Gasteiger partial charge in [0.25, 0.3) is 0 Å². The summed E-state index contributed by atoms with van der Waals surface area (Å²) >= 11 is 0. The van der Waals surface area contributed by atoms with Gasteiger partial charge in [-0.05, 0) is 68.1 Å². The van der Waals surface area contributed by atoms with Crippen molar-refractivity contribution in [1.82, 2.24) is 14.9 Å². The zero-order valence-corrected chi connectivity index (χ0v) is 16.1. The smallest absolute Gasteiger partial charge is 0.161 e. The summed E-state index contributed by atoms with van der Waals surface area (Å²) in [5.74, 6) is 1.42. The third kappa shape index (κ3) is 4.73. The van der Waals surface area contributed by atoms with E-state index in [9.17, 15) is 0 Å². The summed E-state index contributed by atoms with van der Waals surface area (Å²) < 4.78 is 13.4. The highest BCUT2D eigenvalue weighted by atomic mass is 16.5. The summed E-state index contributed by atoms with van der Waals surface area (Å²) in [7, 11) is 0. The fourth-order valence-corrected chi connectivity index (χ4v) is 2.97. The van der Waals surface area contributed by atoms with E-state index in [4.69, 9.17) is 9.47 Å². The van der Waals surface area contributed by atoms with Crippen LogP contribution in [0.4, 0.5) is 0 Å². The van der Waals surface area contributed by atoms with Crippen molar-refractivity contribution in [1.29, 1.82) is 0 Å². The van der Waals surface area contributed by atoms with Gasteiger partial charge in [-0.15, -0.1) is 10.2 Å². The van der Waals surface area contributed by atoms with Crippen molar-refractivity contribution < 1.29 is 9.47 Å². The summed E-state index contributed by atoms with van der Waals surface area (Å²) in [4.78, 5) is 0. The molecule has 0 spiro atoms. The molecule has 3 rings (SSSR count). The lowest BCUT2D eigenvalue weighted by atomic mass is 10.0. The van der Waals surface area contributed by atoms with Crippen LogP contribution in [0.5, 0.6) is 11.5 Å². The zero-order chi connectivity index (χ0) is 19.2. The van der Waals surface area contributed by atoms with Crippen LogP contribution in [-0.4, -0.2) is 27.7 Å². The van der Waals surface area contributed by atoms with Crippen LogP contribution < -0.4 is 9.47 Å². The Labute approximate surface area is 159 Å². The van der Waals surface area contributed by atoms with Gasteiger partial charge in [-0.1, -0.05) is 17.7 Å². The van der Waals surface area contributed by atoms with E-state index in [-0.39, 0.29) is 0 Å². The summed E-state index contributed by atoms with van der Waals surface area (Å²) in [6, 6.07) is 10.1. The molecule has 0 aliphatic carbocycles. The maximum atomic E-state index is 6.09. The van der Waals surface area contributed by atoms with E-state index in [1.54, 1.807) is 6.21 Å². The molecule has 0 N–H and O–H groups in total. The van der Waals surface area contributed by atoms with Gasteiger partial charge in [0.05, 0.1) is 12.8 Å². The number of nitrogens with zero attached hydrogens (tertiary/aromatic N) is 4. The Balaban J connectivity index is 1.79. The van der Waals surface area contributed by atoms with Gasteiger partial charge in [0.2, 0.25) is 0 Å². The minimum Gasteiger partial charge on any atom is -0.490 e. The molecule has 0 unspecified atom stereocenters. The standard InChI is InChI=1S/C21H24N4O2/c1-5-26-21-10-18(11-24-25-13-22-23-14-25)6-7-20(21)27-12-19-16(3)8-15(2)9-17(19)4/h6-11,13-14H,5,12H2,1-4H3. The largest absolute Gasteiger partial charge is 0.490 e. The monoisotopic (exact) mass is 364 g/mol. The van der Waals surface area contributed by atoms with Gasteiger partial charge in [-0.25, -0.2) is 4.68 Å². The second-order valence-electron chi connectivity index (χ2n) is 6.39. The normalized spacial score (nSPS) is 11.1. The van der Waals surface area contributed by atoms with E-state index >= 15 is 0 Å². The Kier molecular flexibility index (Phi) is 5.86. The topological polar surface area (TPSA) is 61.5 Å². The molecule has 27 heavy (non-hydrogen) atoms. The minimum absolute atomic E-state index is 0.506. The molecule has 6 nitrogen and oxygen atoms in total. The Morgan fingerprint density at radius 2 is 1.67 bits per heavy atom. The van der Waals surface area contributed by atoms with Gasteiger partial charge in [-0.2, -0.15) is 5.10 Å². The molecular weight excluding hydrogens is 340 g/mol. The van der Waals surface area contributed by atoms with Crippen LogP contribution in [0.1, 0.15) is 34.7 Å². The highest BCUT2D eigenvalue weighted by molar-refractivity contribution is 5.80. The van der Waals surface area contributed by atoms with Gasteiger partial charge in [0.15, 0.2) is 11.5 Å². The van der Waals surface area contributed by atoms with Crippen molar-refractivity contribution in [2.45, 2.75) is 34.3 Å². The summed E-state index contributed by atoms with van der Waals surface area (Å²) in [5.41, 5.74) is 5.86. The van der Waals surface area contributed by atoms with Crippen molar-refractivity contribution in [3.8, 4) is 11.5 Å². The Bertz CT molecular complexity index is 910. The number of aryl methyl sites for hydroxylation is 3. The van der Waals surface area contributed by atoms with E-state index in [2.05, 4.69) is 48.2 Å². The van der Waals surface area contributed by atoms with Crippen molar-refractivity contribution in [2.75, 3.05) is 6.61 Å². The first-order valence-electron chi connectivity index (χ1n) is 8.92. The van der Waals surface area contributed by atoms with E-state index in [0.717, 1.165) is 11.3 Å². The molecule has 140 valence electrons. The van der Waals surface area contributed by atoms with Crippen LogP contribution in [0.25, 0.3) is 0 Å². The Hall–Kier alpha value is -3.15. The number of aromatic nitrogens is 3. The van der Waals surface area contributed by atoms with Crippen LogP contribution in [0, 0.1) is 20.8 Å². The van der Waals surface area contributed by atoms with E-state index in [1.165, 1.54) is 39.6 Å². The van der Waals surface area contributed by atoms with Gasteiger partial charge >= 0.3 is 0 Å². The van der Waals surface area contributed by atoms with E-state index in [1.807, 2.05) is 25.1 Å². The van der Waals surface area contributed by atoms with Crippen molar-refractivity contribution in [2.24, 2.45) is 5.10 Å². The quantitative estimate of drug-likeness (QED) is 0.593. The van der Waals surface area contributed by atoms with Crippen LogP contribution >= 0.6 is 0 Å². The number of hydrogen-bond donors (Lipinski definition) is 0. The van der Waals surface area contributed by atoms with E-state index < -0.39 is 0 Å². The Morgan fingerprint density at radius 1 is 0.963 bits per heavy atom. The SMILES string of the molecule is CCOc1cc(C=Nn2cnnc2)ccc1OCc1c(C)cc(C)cc1C. The molecule has 0 bridgehead atoms. The molecule has 0 aliphatic rings. The lowest BCUT2D eigenvalue weighted by Gasteiger charge is -2.15. The second kappa shape index (κ2) is 8.49. The third-order valence-corrected chi connectivity index (χ3v) is 4.23. The number of ether oxygens (including phenoxy) is 2. The molecule has 0 amide bonds. The first-order valence-corrected chi connectivity index (χ1v) is 8.92. The average Bonchev–Trinajstić information content (AvgIpc) is 3.14. The summed E-state index contributed by atoms with van der Waals surface area (Å²) in [6.45, 7) is 9.37. The maximum Gasteiger partial charge on any atom is 0.161 e. The minimum atomic E-state index is 0.506.